The molecule has 3 aromatic rings. The summed E-state index contributed by atoms with van der Waals surface area (Å²) >= 11 is 0. The molecule has 1 aromatic heterocycles. The quantitative estimate of drug-likeness (QED) is 0.360. The van der Waals surface area contributed by atoms with Crippen molar-refractivity contribution in [2.75, 3.05) is 20.3 Å². The topological polar surface area (TPSA) is 103 Å². The van der Waals surface area contributed by atoms with Crippen LogP contribution in [0.25, 0.3) is 11.1 Å². The normalized spacial score (nSPS) is 24.7. The van der Waals surface area contributed by atoms with Crippen LogP contribution in [0.3, 0.4) is 0 Å². The molecule has 40 heavy (non-hydrogen) atoms. The summed E-state index contributed by atoms with van der Waals surface area (Å²) < 4.78 is 45.1. The number of benzene rings is 2. The maximum Gasteiger partial charge on any atom is 0.408 e. The number of carbonyl (C=O) groups is 2. The van der Waals surface area contributed by atoms with E-state index >= 15 is 0 Å². The molecule has 0 spiro atoms. The summed E-state index contributed by atoms with van der Waals surface area (Å²) in [5.74, 6) is -0.892. The fourth-order valence-electron chi connectivity index (χ4n) is 5.79. The molecule has 2 amide bonds. The molecular formula is C30H35F2N3O5. The average Bonchev–Trinajstić information content (AvgIpc) is 3.39. The van der Waals surface area contributed by atoms with Crippen LogP contribution in [0.2, 0.25) is 0 Å². The number of alkyl carbamates (subject to hydrolysis) is 1. The maximum absolute atomic E-state index is 14.2. The van der Waals surface area contributed by atoms with E-state index in [0.29, 0.717) is 42.7 Å². The van der Waals surface area contributed by atoms with E-state index in [4.69, 9.17) is 18.9 Å². The molecule has 4 atom stereocenters. The number of aromatic nitrogens is 1. The Balaban J connectivity index is 1.38. The van der Waals surface area contributed by atoms with Crippen molar-refractivity contribution >= 4 is 23.1 Å². The van der Waals surface area contributed by atoms with Gasteiger partial charge in [-0.3, -0.25) is 4.79 Å². The number of oxazole rings is 1. The van der Waals surface area contributed by atoms with Crippen LogP contribution in [0.5, 0.6) is 0 Å². The number of ether oxygens (including phenoxy) is 2. The zero-order valence-corrected chi connectivity index (χ0v) is 22.5. The van der Waals surface area contributed by atoms with Crippen molar-refractivity contribution in [3.8, 4) is 0 Å². The van der Waals surface area contributed by atoms with Crippen LogP contribution in [-0.4, -0.2) is 49.6 Å². The van der Waals surface area contributed by atoms with Crippen LogP contribution in [0.1, 0.15) is 61.1 Å². The summed E-state index contributed by atoms with van der Waals surface area (Å²) in [4.78, 5) is 30.1. The van der Waals surface area contributed by atoms with Gasteiger partial charge in [-0.25, -0.2) is 18.6 Å². The summed E-state index contributed by atoms with van der Waals surface area (Å²) in [7, 11) is 1.55. The van der Waals surface area contributed by atoms with E-state index in [-0.39, 0.29) is 43.9 Å². The lowest BCUT2D eigenvalue weighted by Crippen LogP contribution is -2.45. The van der Waals surface area contributed by atoms with Gasteiger partial charge in [0.1, 0.15) is 30.5 Å². The Morgan fingerprint density at radius 1 is 1.12 bits per heavy atom. The number of methoxy groups -OCH3 is 1. The highest BCUT2D eigenvalue weighted by Crippen LogP contribution is 2.38. The predicted molar refractivity (Wildman–Crippen MR) is 144 cm³/mol. The third-order valence-corrected chi connectivity index (χ3v) is 7.96. The third-order valence-electron chi connectivity index (χ3n) is 7.96. The minimum atomic E-state index is -1.11. The van der Waals surface area contributed by atoms with Crippen molar-refractivity contribution < 1.29 is 32.3 Å². The zero-order chi connectivity index (χ0) is 28.1. The van der Waals surface area contributed by atoms with Crippen molar-refractivity contribution in [3.05, 3.63) is 65.5 Å². The van der Waals surface area contributed by atoms with Crippen LogP contribution in [-0.2, 0) is 20.9 Å². The number of rotatable bonds is 9. The van der Waals surface area contributed by atoms with Gasteiger partial charge in [0.2, 0.25) is 11.8 Å². The number of halogens is 2. The Kier molecular flexibility index (Phi) is 8.94. The summed E-state index contributed by atoms with van der Waals surface area (Å²) in [6.07, 6.45) is -0.491. The molecule has 1 aliphatic carbocycles. The van der Waals surface area contributed by atoms with Crippen molar-refractivity contribution in [1.82, 2.24) is 15.6 Å². The monoisotopic (exact) mass is 555 g/mol. The predicted octanol–water partition coefficient (Wildman–Crippen LogP) is 5.53. The highest BCUT2D eigenvalue weighted by atomic mass is 19.1. The van der Waals surface area contributed by atoms with E-state index in [9.17, 15) is 18.4 Å². The Labute approximate surface area is 231 Å². The SMILES string of the molecule is COC[C@H](c1ccc2oc([C@@H](NC(=O)OCc3ccccc3)C3CCC(F)CC3)nc2c1)C1CC(F)CNC1=O. The van der Waals surface area contributed by atoms with Crippen molar-refractivity contribution in [3.63, 3.8) is 0 Å². The Bertz CT molecular complexity index is 1290. The van der Waals surface area contributed by atoms with Gasteiger partial charge in [-0.1, -0.05) is 36.4 Å². The third kappa shape index (κ3) is 6.60. The number of carbonyl (C=O) groups excluding carboxylic acids is 2. The first kappa shape index (κ1) is 28.0. The van der Waals surface area contributed by atoms with Crippen LogP contribution in [0, 0.1) is 11.8 Å². The van der Waals surface area contributed by atoms with E-state index in [1.54, 1.807) is 13.2 Å². The molecule has 2 aromatic carbocycles. The molecule has 2 N–H and O–H groups in total. The summed E-state index contributed by atoms with van der Waals surface area (Å²) in [5, 5.41) is 5.56. The lowest BCUT2D eigenvalue weighted by Gasteiger charge is -2.31. The van der Waals surface area contributed by atoms with Gasteiger partial charge in [-0.05, 0) is 61.3 Å². The second kappa shape index (κ2) is 12.8. The molecule has 5 rings (SSSR count). The lowest BCUT2D eigenvalue weighted by atomic mass is 9.81. The second-order valence-corrected chi connectivity index (χ2v) is 10.7. The van der Waals surface area contributed by atoms with Gasteiger partial charge in [0, 0.05) is 25.5 Å². The van der Waals surface area contributed by atoms with Gasteiger partial charge in [-0.15, -0.1) is 0 Å². The summed E-state index contributed by atoms with van der Waals surface area (Å²) in [6, 6.07) is 14.2. The van der Waals surface area contributed by atoms with Gasteiger partial charge >= 0.3 is 6.09 Å². The van der Waals surface area contributed by atoms with E-state index in [0.717, 1.165) is 11.1 Å². The highest BCUT2D eigenvalue weighted by molar-refractivity contribution is 5.81. The molecule has 10 heteroatoms. The van der Waals surface area contributed by atoms with Crippen molar-refractivity contribution in [2.24, 2.45) is 11.8 Å². The molecular weight excluding hydrogens is 520 g/mol. The number of fused-ring (bicyclic) bond motifs is 1. The van der Waals surface area contributed by atoms with Gasteiger partial charge in [-0.2, -0.15) is 0 Å². The molecule has 8 nitrogen and oxygen atoms in total. The van der Waals surface area contributed by atoms with Crippen LogP contribution >= 0.6 is 0 Å². The second-order valence-electron chi connectivity index (χ2n) is 10.7. The zero-order valence-electron chi connectivity index (χ0n) is 22.5. The number of amides is 2. The first-order valence-corrected chi connectivity index (χ1v) is 13.8. The Morgan fingerprint density at radius 2 is 1.90 bits per heavy atom. The lowest BCUT2D eigenvalue weighted by molar-refractivity contribution is -0.129. The molecule has 2 unspecified atom stereocenters. The fourth-order valence-corrected chi connectivity index (χ4v) is 5.79. The van der Waals surface area contributed by atoms with Crippen molar-refractivity contribution in [1.29, 1.82) is 0 Å². The van der Waals surface area contributed by atoms with Crippen LogP contribution in [0.15, 0.2) is 52.9 Å². The van der Waals surface area contributed by atoms with Gasteiger partial charge in [0.25, 0.3) is 0 Å². The molecule has 214 valence electrons. The summed E-state index contributed by atoms with van der Waals surface area (Å²) in [5.41, 5.74) is 2.70. The van der Waals surface area contributed by atoms with Gasteiger partial charge in [0.05, 0.1) is 6.61 Å². The number of nitrogens with zero attached hydrogens (tertiary/aromatic N) is 1. The molecule has 0 radical (unpaired) electrons. The first-order valence-electron chi connectivity index (χ1n) is 13.8. The number of hydrogen-bond donors (Lipinski definition) is 2. The van der Waals surface area contributed by atoms with Crippen molar-refractivity contribution in [2.45, 2.75) is 63.0 Å². The number of piperidine rings is 1. The number of alkyl halides is 2. The van der Waals surface area contributed by atoms with Crippen LogP contribution < -0.4 is 10.6 Å². The summed E-state index contributed by atoms with van der Waals surface area (Å²) in [6.45, 7) is 0.376. The standard InChI is InChI=1S/C30H35F2N3O5/c1-38-17-24(23-14-22(32)15-33-28(23)36)20-9-12-26-25(13-20)34-29(40-26)27(19-7-10-21(31)11-8-19)35-30(37)39-16-18-5-3-2-4-6-18/h2-6,9,12-13,19,21-24,27H,7-8,10-11,14-17H2,1H3,(H,33,36)(H,35,37)/t19?,21?,22?,23?,24-,27+/m1/s1. The minimum Gasteiger partial charge on any atom is -0.445 e. The first-order chi connectivity index (χ1) is 19.4. The van der Waals surface area contributed by atoms with Crippen LogP contribution in [0.4, 0.5) is 13.6 Å². The highest BCUT2D eigenvalue weighted by Gasteiger charge is 2.37. The molecule has 1 saturated heterocycles. The molecule has 1 aliphatic heterocycles. The number of nitrogens with one attached hydrogen (secondary N) is 2. The average molecular weight is 556 g/mol. The van der Waals surface area contributed by atoms with E-state index < -0.39 is 30.4 Å². The molecule has 0 bridgehead atoms. The smallest absolute Gasteiger partial charge is 0.408 e. The van der Waals surface area contributed by atoms with E-state index in [2.05, 4.69) is 10.6 Å². The van der Waals surface area contributed by atoms with Gasteiger partial charge < -0.3 is 24.5 Å². The fraction of sp³-hybridized carbons (Fsp3) is 0.500. The molecule has 1 saturated carbocycles. The molecule has 2 fully saturated rings. The largest absolute Gasteiger partial charge is 0.445 e. The van der Waals surface area contributed by atoms with E-state index in [1.807, 2.05) is 42.5 Å². The number of hydrogen-bond acceptors (Lipinski definition) is 6. The molecule has 2 aliphatic rings. The molecule has 2 heterocycles. The minimum absolute atomic E-state index is 0.0210. The Morgan fingerprint density at radius 3 is 2.65 bits per heavy atom. The maximum atomic E-state index is 14.2. The van der Waals surface area contributed by atoms with Gasteiger partial charge in [0.15, 0.2) is 5.58 Å². The Hall–Kier alpha value is -3.53. The van der Waals surface area contributed by atoms with E-state index in [1.165, 1.54) is 0 Å².